The molecule has 0 saturated carbocycles. The largest absolute Gasteiger partial charge is 0.450 e. The maximum Gasteiger partial charge on any atom is 0.418 e. The molecule has 1 N–H and O–H groups in total. The third-order valence-corrected chi connectivity index (χ3v) is 4.41. The number of methoxy groups -OCH3 is 1. The van der Waals surface area contributed by atoms with Crippen LogP contribution < -0.4 is 5.32 Å². The summed E-state index contributed by atoms with van der Waals surface area (Å²) < 4.78 is 54.8. The van der Waals surface area contributed by atoms with Crippen molar-refractivity contribution in [1.82, 2.24) is 0 Å². The predicted molar refractivity (Wildman–Crippen MR) is 102 cm³/mol. The van der Waals surface area contributed by atoms with E-state index in [-0.39, 0.29) is 17.4 Å². The summed E-state index contributed by atoms with van der Waals surface area (Å²) >= 11 is 5.79. The van der Waals surface area contributed by atoms with Gasteiger partial charge in [-0.1, -0.05) is 35.9 Å². The van der Waals surface area contributed by atoms with Crippen molar-refractivity contribution in [2.24, 2.45) is 0 Å². The van der Waals surface area contributed by atoms with Crippen molar-refractivity contribution >= 4 is 40.1 Å². The molecule has 3 aromatic rings. The van der Waals surface area contributed by atoms with Gasteiger partial charge in [0.2, 0.25) is 5.76 Å². The Morgan fingerprint density at radius 2 is 1.87 bits per heavy atom. The zero-order valence-corrected chi connectivity index (χ0v) is 16.3. The van der Waals surface area contributed by atoms with Gasteiger partial charge in [0.15, 0.2) is 6.61 Å². The minimum absolute atomic E-state index is 0.0577. The van der Waals surface area contributed by atoms with E-state index in [2.05, 4.69) is 0 Å². The van der Waals surface area contributed by atoms with Crippen LogP contribution in [0.1, 0.15) is 21.7 Å². The molecule has 3 rings (SSSR count). The Balaban J connectivity index is 1.74. The zero-order valence-electron chi connectivity index (χ0n) is 15.5. The number of hydrogen-bond acceptors (Lipinski definition) is 5. The van der Waals surface area contributed by atoms with Crippen LogP contribution in [0, 0.1) is 0 Å². The van der Waals surface area contributed by atoms with Crippen molar-refractivity contribution in [2.45, 2.75) is 12.8 Å². The molecule has 0 aliphatic rings. The minimum atomic E-state index is -4.73. The number of benzene rings is 2. The molecule has 0 aliphatic heterocycles. The average molecular weight is 442 g/mol. The van der Waals surface area contributed by atoms with Gasteiger partial charge in [-0.2, -0.15) is 13.2 Å². The number of hydrogen-bond donors (Lipinski definition) is 1. The summed E-state index contributed by atoms with van der Waals surface area (Å²) in [6, 6.07) is 9.93. The number of fused-ring (bicyclic) bond motifs is 1. The molecular formula is C20H15ClF3NO5. The van der Waals surface area contributed by atoms with E-state index in [1.165, 1.54) is 13.2 Å². The molecule has 0 aliphatic carbocycles. The standard InChI is InChI=1S/C20H15ClF3NO5/c1-28-9-12-11-5-2-3-8-15(11)30-18(12)19(27)29-10-16(26)25-17-13(20(22,23)24)6-4-7-14(17)21/h2-8H,9-10H2,1H3,(H,25,26). The molecule has 0 spiro atoms. The van der Waals surface area contributed by atoms with Crippen molar-refractivity contribution in [1.29, 1.82) is 0 Å². The van der Waals surface area contributed by atoms with Crippen LogP contribution in [0.25, 0.3) is 11.0 Å². The second-order valence-electron chi connectivity index (χ2n) is 6.12. The highest BCUT2D eigenvalue weighted by Crippen LogP contribution is 2.38. The highest BCUT2D eigenvalue weighted by atomic mass is 35.5. The van der Waals surface area contributed by atoms with Crippen LogP contribution in [0.2, 0.25) is 5.02 Å². The van der Waals surface area contributed by atoms with Crippen LogP contribution in [-0.4, -0.2) is 25.6 Å². The Morgan fingerprint density at radius 1 is 1.13 bits per heavy atom. The molecule has 2 aromatic carbocycles. The summed E-state index contributed by atoms with van der Waals surface area (Å²) in [5, 5.41) is 2.37. The Bertz CT molecular complexity index is 1090. The number of amides is 1. The summed E-state index contributed by atoms with van der Waals surface area (Å²) in [4.78, 5) is 24.5. The summed E-state index contributed by atoms with van der Waals surface area (Å²) in [7, 11) is 1.44. The van der Waals surface area contributed by atoms with Crippen LogP contribution in [-0.2, 0) is 27.1 Å². The number of alkyl halides is 3. The van der Waals surface area contributed by atoms with Gasteiger partial charge >= 0.3 is 12.1 Å². The van der Waals surface area contributed by atoms with Crippen molar-refractivity contribution in [3.63, 3.8) is 0 Å². The fraction of sp³-hybridized carbons (Fsp3) is 0.200. The first-order valence-electron chi connectivity index (χ1n) is 8.54. The van der Waals surface area contributed by atoms with Gasteiger partial charge in [-0.05, 0) is 18.2 Å². The second-order valence-corrected chi connectivity index (χ2v) is 6.53. The lowest BCUT2D eigenvalue weighted by atomic mass is 10.1. The SMILES string of the molecule is COCc1c(C(=O)OCC(=O)Nc2c(Cl)cccc2C(F)(F)F)oc2ccccc12. The van der Waals surface area contributed by atoms with E-state index in [1.807, 2.05) is 5.32 Å². The van der Waals surface area contributed by atoms with E-state index in [0.717, 1.165) is 12.1 Å². The van der Waals surface area contributed by atoms with Crippen molar-refractivity contribution < 1.29 is 36.7 Å². The Morgan fingerprint density at radius 3 is 2.57 bits per heavy atom. The van der Waals surface area contributed by atoms with Crippen molar-refractivity contribution in [2.75, 3.05) is 19.0 Å². The number of halogens is 4. The predicted octanol–water partition coefficient (Wildman–Crippen LogP) is 5.05. The molecule has 1 amide bonds. The van der Waals surface area contributed by atoms with Gasteiger partial charge in [0.25, 0.3) is 5.91 Å². The smallest absolute Gasteiger partial charge is 0.418 e. The number of carbonyl (C=O) groups is 2. The molecule has 0 radical (unpaired) electrons. The highest BCUT2D eigenvalue weighted by molar-refractivity contribution is 6.34. The van der Waals surface area contributed by atoms with Crippen molar-refractivity contribution in [3.8, 4) is 0 Å². The van der Waals surface area contributed by atoms with Gasteiger partial charge in [0.1, 0.15) is 5.58 Å². The van der Waals surface area contributed by atoms with Gasteiger partial charge in [0, 0.05) is 18.1 Å². The molecule has 0 unspecified atom stereocenters. The Hall–Kier alpha value is -3.04. The fourth-order valence-corrected chi connectivity index (χ4v) is 3.03. The number of nitrogens with one attached hydrogen (secondary N) is 1. The Kier molecular flexibility index (Phi) is 6.33. The number of ether oxygens (including phenoxy) is 2. The topological polar surface area (TPSA) is 77.8 Å². The van der Waals surface area contributed by atoms with E-state index in [0.29, 0.717) is 16.5 Å². The monoisotopic (exact) mass is 441 g/mol. The quantitative estimate of drug-likeness (QED) is 0.542. The Labute approximate surface area is 173 Å². The first-order chi connectivity index (χ1) is 14.2. The third kappa shape index (κ3) is 4.58. The van der Waals surface area contributed by atoms with Gasteiger partial charge in [-0.25, -0.2) is 4.79 Å². The van der Waals surface area contributed by atoms with E-state index in [9.17, 15) is 22.8 Å². The first kappa shape index (κ1) is 21.7. The van der Waals surface area contributed by atoms with Crippen LogP contribution >= 0.6 is 11.6 Å². The van der Waals surface area contributed by atoms with E-state index >= 15 is 0 Å². The molecule has 6 nitrogen and oxygen atoms in total. The van der Waals surface area contributed by atoms with Gasteiger partial charge in [-0.3, -0.25) is 4.79 Å². The minimum Gasteiger partial charge on any atom is -0.450 e. The van der Waals surface area contributed by atoms with E-state index in [4.69, 9.17) is 25.5 Å². The molecular weight excluding hydrogens is 427 g/mol. The normalized spacial score (nSPS) is 11.5. The molecule has 30 heavy (non-hydrogen) atoms. The van der Waals surface area contributed by atoms with Gasteiger partial charge < -0.3 is 19.2 Å². The van der Waals surface area contributed by atoms with Crippen LogP contribution in [0.5, 0.6) is 0 Å². The fourth-order valence-electron chi connectivity index (χ4n) is 2.81. The van der Waals surface area contributed by atoms with Gasteiger partial charge in [0.05, 0.1) is 22.9 Å². The number of furan rings is 1. The van der Waals surface area contributed by atoms with Gasteiger partial charge in [-0.15, -0.1) is 0 Å². The zero-order chi connectivity index (χ0) is 21.9. The van der Waals surface area contributed by atoms with E-state index < -0.39 is 35.9 Å². The van der Waals surface area contributed by atoms with E-state index in [1.54, 1.807) is 24.3 Å². The summed E-state index contributed by atoms with van der Waals surface area (Å²) in [5.74, 6) is -2.10. The molecule has 0 fully saturated rings. The number of carbonyl (C=O) groups excluding carboxylic acids is 2. The van der Waals surface area contributed by atoms with Crippen LogP contribution in [0.15, 0.2) is 46.9 Å². The number of anilines is 1. The summed E-state index contributed by atoms with van der Waals surface area (Å²) in [5.41, 5.74) is -0.873. The number of esters is 1. The first-order valence-corrected chi connectivity index (χ1v) is 8.92. The molecule has 0 saturated heterocycles. The number of para-hydroxylation sites is 2. The highest BCUT2D eigenvalue weighted by Gasteiger charge is 2.35. The molecule has 0 bridgehead atoms. The molecule has 0 atom stereocenters. The third-order valence-electron chi connectivity index (χ3n) is 4.09. The average Bonchev–Trinajstić information content (AvgIpc) is 3.06. The second kappa shape index (κ2) is 8.76. The lowest BCUT2D eigenvalue weighted by Gasteiger charge is -2.15. The summed E-state index contributed by atoms with van der Waals surface area (Å²) in [6.07, 6.45) is -4.73. The van der Waals surface area contributed by atoms with Crippen LogP contribution in [0.3, 0.4) is 0 Å². The van der Waals surface area contributed by atoms with Crippen molar-refractivity contribution in [3.05, 3.63) is 64.4 Å². The lowest BCUT2D eigenvalue weighted by Crippen LogP contribution is -2.23. The van der Waals surface area contributed by atoms with Crippen LogP contribution in [0.4, 0.5) is 18.9 Å². The number of rotatable bonds is 6. The summed E-state index contributed by atoms with van der Waals surface area (Å²) in [6.45, 7) is -0.785. The molecule has 10 heteroatoms. The molecule has 158 valence electrons. The molecule has 1 aromatic heterocycles. The lowest BCUT2D eigenvalue weighted by molar-refractivity contribution is -0.137. The molecule has 1 heterocycles. The maximum absolute atomic E-state index is 13.1. The maximum atomic E-state index is 13.1.